The van der Waals surface area contributed by atoms with Crippen LogP contribution in [0, 0.1) is 0 Å². The summed E-state index contributed by atoms with van der Waals surface area (Å²) in [7, 11) is 0. The highest BCUT2D eigenvalue weighted by molar-refractivity contribution is 9.10. The van der Waals surface area contributed by atoms with Crippen molar-refractivity contribution in [1.82, 2.24) is 5.32 Å². The van der Waals surface area contributed by atoms with Gasteiger partial charge in [0.1, 0.15) is 6.04 Å². The van der Waals surface area contributed by atoms with Crippen molar-refractivity contribution in [3.63, 3.8) is 0 Å². The van der Waals surface area contributed by atoms with E-state index in [0.717, 1.165) is 26.4 Å². The lowest BCUT2D eigenvalue weighted by Crippen LogP contribution is -2.43. The summed E-state index contributed by atoms with van der Waals surface area (Å²) in [6, 6.07) is 20.2. The number of benzene rings is 3. The van der Waals surface area contributed by atoms with Gasteiger partial charge in [0.05, 0.1) is 6.42 Å². The zero-order valence-corrected chi connectivity index (χ0v) is 15.6. The molecule has 26 heavy (non-hydrogen) atoms. The Hall–Kier alpha value is -2.66. The van der Waals surface area contributed by atoms with Crippen LogP contribution in [-0.4, -0.2) is 23.0 Å². The Labute approximate surface area is 160 Å². The molecule has 0 fully saturated rings. The standard InChI is InChI=1S/C21H18BrNO3/c22-18-9-6-14(7-10-18)12-19(21(25)26)23-20(24)13-15-5-8-16-3-1-2-4-17(16)11-15/h1-11,19H,12-13H2,(H,23,24)(H,25,26)/t19-/m0/s1. The van der Waals surface area contributed by atoms with E-state index >= 15 is 0 Å². The first-order valence-corrected chi connectivity index (χ1v) is 9.05. The van der Waals surface area contributed by atoms with Crippen LogP contribution < -0.4 is 5.32 Å². The van der Waals surface area contributed by atoms with Gasteiger partial charge >= 0.3 is 5.97 Å². The second-order valence-electron chi connectivity index (χ2n) is 6.15. The third kappa shape index (κ3) is 4.70. The number of fused-ring (bicyclic) bond motifs is 1. The van der Waals surface area contributed by atoms with Crippen molar-refractivity contribution >= 4 is 38.6 Å². The summed E-state index contributed by atoms with van der Waals surface area (Å²) in [5.41, 5.74) is 1.71. The Morgan fingerprint density at radius 1 is 0.923 bits per heavy atom. The molecule has 132 valence electrons. The molecule has 0 spiro atoms. The molecule has 0 aromatic heterocycles. The van der Waals surface area contributed by atoms with Gasteiger partial charge in [-0.25, -0.2) is 4.79 Å². The van der Waals surface area contributed by atoms with Crippen LogP contribution in [0.1, 0.15) is 11.1 Å². The molecule has 1 atom stereocenters. The number of carboxylic acid groups (broad SMARTS) is 1. The van der Waals surface area contributed by atoms with Gasteiger partial charge in [-0.15, -0.1) is 0 Å². The fourth-order valence-electron chi connectivity index (χ4n) is 2.84. The Kier molecular flexibility index (Phi) is 5.68. The fraction of sp³-hybridized carbons (Fsp3) is 0.143. The smallest absolute Gasteiger partial charge is 0.326 e. The van der Waals surface area contributed by atoms with Crippen LogP contribution in [0.25, 0.3) is 10.8 Å². The minimum Gasteiger partial charge on any atom is -0.480 e. The number of halogens is 1. The molecule has 3 aromatic carbocycles. The van der Waals surface area contributed by atoms with Crippen LogP contribution in [0.3, 0.4) is 0 Å². The average Bonchev–Trinajstić information content (AvgIpc) is 2.62. The zero-order valence-electron chi connectivity index (χ0n) is 14.0. The van der Waals surface area contributed by atoms with Crippen molar-refractivity contribution in [2.75, 3.05) is 0 Å². The van der Waals surface area contributed by atoms with E-state index in [1.807, 2.05) is 66.7 Å². The number of nitrogens with one attached hydrogen (secondary N) is 1. The number of carbonyl (C=O) groups excluding carboxylic acids is 1. The van der Waals surface area contributed by atoms with E-state index in [-0.39, 0.29) is 18.7 Å². The van der Waals surface area contributed by atoms with E-state index in [9.17, 15) is 14.7 Å². The highest BCUT2D eigenvalue weighted by Gasteiger charge is 2.20. The maximum absolute atomic E-state index is 12.3. The predicted octanol–water partition coefficient (Wildman–Crippen LogP) is 3.96. The lowest BCUT2D eigenvalue weighted by Gasteiger charge is -2.15. The molecule has 0 heterocycles. The van der Waals surface area contributed by atoms with Crippen molar-refractivity contribution in [2.24, 2.45) is 0 Å². The Morgan fingerprint density at radius 2 is 1.58 bits per heavy atom. The number of carbonyl (C=O) groups is 2. The average molecular weight is 412 g/mol. The molecule has 0 aliphatic heterocycles. The molecule has 0 unspecified atom stereocenters. The number of amides is 1. The van der Waals surface area contributed by atoms with E-state index in [0.29, 0.717) is 0 Å². The quantitative estimate of drug-likeness (QED) is 0.644. The summed E-state index contributed by atoms with van der Waals surface area (Å²) < 4.78 is 0.925. The molecule has 0 aliphatic carbocycles. The largest absolute Gasteiger partial charge is 0.480 e. The molecule has 0 saturated heterocycles. The molecule has 2 N–H and O–H groups in total. The van der Waals surface area contributed by atoms with Gasteiger partial charge in [0.2, 0.25) is 5.91 Å². The van der Waals surface area contributed by atoms with E-state index in [2.05, 4.69) is 21.2 Å². The summed E-state index contributed by atoms with van der Waals surface area (Å²) in [6.07, 6.45) is 0.390. The zero-order chi connectivity index (χ0) is 18.5. The Bertz CT molecular complexity index is 937. The SMILES string of the molecule is O=C(Cc1ccc2ccccc2c1)N[C@@H](Cc1ccc(Br)cc1)C(=O)O. The lowest BCUT2D eigenvalue weighted by molar-refractivity contribution is -0.141. The molecular weight excluding hydrogens is 394 g/mol. The Morgan fingerprint density at radius 3 is 2.27 bits per heavy atom. The van der Waals surface area contributed by atoms with Gasteiger partial charge in [-0.1, -0.05) is 70.5 Å². The monoisotopic (exact) mass is 411 g/mol. The predicted molar refractivity (Wildman–Crippen MR) is 105 cm³/mol. The molecule has 3 aromatic rings. The van der Waals surface area contributed by atoms with Crippen LogP contribution in [0.2, 0.25) is 0 Å². The summed E-state index contributed by atoms with van der Waals surface area (Å²) in [5, 5.41) is 14.2. The van der Waals surface area contributed by atoms with Gasteiger partial charge in [-0.3, -0.25) is 4.79 Å². The van der Waals surface area contributed by atoms with Gasteiger partial charge in [0, 0.05) is 10.9 Å². The molecule has 0 radical (unpaired) electrons. The summed E-state index contributed by atoms with van der Waals surface area (Å²) in [5.74, 6) is -1.34. The van der Waals surface area contributed by atoms with Crippen molar-refractivity contribution in [1.29, 1.82) is 0 Å². The van der Waals surface area contributed by atoms with Gasteiger partial charge in [-0.2, -0.15) is 0 Å². The second kappa shape index (κ2) is 8.15. The highest BCUT2D eigenvalue weighted by atomic mass is 79.9. The van der Waals surface area contributed by atoms with Gasteiger partial charge in [0.15, 0.2) is 0 Å². The first-order chi connectivity index (χ1) is 12.5. The topological polar surface area (TPSA) is 66.4 Å². The number of hydrogen-bond acceptors (Lipinski definition) is 2. The first-order valence-electron chi connectivity index (χ1n) is 8.25. The van der Waals surface area contributed by atoms with Crippen molar-refractivity contribution < 1.29 is 14.7 Å². The molecule has 1 amide bonds. The van der Waals surface area contributed by atoms with Crippen LogP contribution in [0.4, 0.5) is 0 Å². The van der Waals surface area contributed by atoms with E-state index < -0.39 is 12.0 Å². The molecule has 4 nitrogen and oxygen atoms in total. The van der Waals surface area contributed by atoms with E-state index in [1.54, 1.807) is 0 Å². The van der Waals surface area contributed by atoms with Gasteiger partial charge in [-0.05, 0) is 34.0 Å². The van der Waals surface area contributed by atoms with Crippen molar-refractivity contribution in [2.45, 2.75) is 18.9 Å². The maximum Gasteiger partial charge on any atom is 0.326 e. The minimum atomic E-state index is -1.04. The van der Waals surface area contributed by atoms with Crippen LogP contribution >= 0.6 is 15.9 Å². The Balaban J connectivity index is 1.67. The van der Waals surface area contributed by atoms with Crippen LogP contribution in [0.15, 0.2) is 71.2 Å². The molecule has 0 bridgehead atoms. The number of hydrogen-bond donors (Lipinski definition) is 2. The summed E-state index contributed by atoms with van der Waals surface area (Å²) in [6.45, 7) is 0. The van der Waals surface area contributed by atoms with Crippen LogP contribution in [0.5, 0.6) is 0 Å². The lowest BCUT2D eigenvalue weighted by atomic mass is 10.0. The summed E-state index contributed by atoms with van der Waals surface area (Å²) in [4.78, 5) is 23.8. The van der Waals surface area contributed by atoms with Crippen molar-refractivity contribution in [3.05, 3.63) is 82.3 Å². The molecule has 3 rings (SSSR count). The first kappa shape index (κ1) is 18.1. The van der Waals surface area contributed by atoms with Crippen LogP contribution in [-0.2, 0) is 22.4 Å². The second-order valence-corrected chi connectivity index (χ2v) is 7.06. The number of aliphatic carboxylic acids is 1. The maximum atomic E-state index is 12.3. The number of carboxylic acids is 1. The molecule has 0 aliphatic rings. The minimum absolute atomic E-state index is 0.148. The fourth-order valence-corrected chi connectivity index (χ4v) is 3.10. The highest BCUT2D eigenvalue weighted by Crippen LogP contribution is 2.16. The normalized spacial score (nSPS) is 11.9. The third-order valence-electron chi connectivity index (χ3n) is 4.16. The van der Waals surface area contributed by atoms with E-state index in [4.69, 9.17) is 0 Å². The van der Waals surface area contributed by atoms with Gasteiger partial charge in [0.25, 0.3) is 0 Å². The van der Waals surface area contributed by atoms with E-state index in [1.165, 1.54) is 0 Å². The third-order valence-corrected chi connectivity index (χ3v) is 4.69. The summed E-state index contributed by atoms with van der Waals surface area (Å²) >= 11 is 3.35. The molecular formula is C21H18BrNO3. The molecule has 0 saturated carbocycles. The van der Waals surface area contributed by atoms with Crippen molar-refractivity contribution in [3.8, 4) is 0 Å². The number of rotatable bonds is 6. The molecule has 5 heteroatoms. The van der Waals surface area contributed by atoms with Gasteiger partial charge < -0.3 is 10.4 Å².